The number of nitrogen functional groups attached to an aromatic ring is 2. The molecular formula is C12H10N5NaO6S. The van der Waals surface area contributed by atoms with Crippen LogP contribution in [0.15, 0.2) is 45.5 Å². The number of phenols is 1. The van der Waals surface area contributed by atoms with Gasteiger partial charge < -0.3 is 21.1 Å². The number of nitro benzene ring substituents is 1. The summed E-state index contributed by atoms with van der Waals surface area (Å²) in [6.07, 6.45) is 0. The van der Waals surface area contributed by atoms with E-state index in [1.165, 1.54) is 0 Å². The molecule has 0 bridgehead atoms. The van der Waals surface area contributed by atoms with Gasteiger partial charge in [-0.1, -0.05) is 0 Å². The van der Waals surface area contributed by atoms with Crippen LogP contribution >= 0.6 is 0 Å². The molecule has 5 N–H and O–H groups in total. The first-order valence-electron chi connectivity index (χ1n) is 6.13. The number of rotatable bonds is 4. The molecule has 0 unspecified atom stereocenters. The molecule has 0 aromatic heterocycles. The minimum Gasteiger partial charge on any atom is -0.744 e. The molecule has 25 heavy (non-hydrogen) atoms. The van der Waals surface area contributed by atoms with Crippen LogP contribution in [0.5, 0.6) is 5.75 Å². The van der Waals surface area contributed by atoms with Gasteiger partial charge in [-0.05, 0) is 18.2 Å². The fourth-order valence-corrected chi connectivity index (χ4v) is 2.32. The van der Waals surface area contributed by atoms with Gasteiger partial charge in [-0.25, -0.2) is 8.42 Å². The van der Waals surface area contributed by atoms with Crippen molar-refractivity contribution < 1.29 is 52.6 Å². The van der Waals surface area contributed by atoms with Crippen LogP contribution in [-0.4, -0.2) is 23.0 Å². The summed E-state index contributed by atoms with van der Waals surface area (Å²) in [5, 5.41) is 27.5. The Morgan fingerprint density at radius 3 is 2.20 bits per heavy atom. The molecule has 0 aliphatic carbocycles. The normalized spacial score (nSPS) is 11.2. The van der Waals surface area contributed by atoms with Crippen molar-refractivity contribution in [3.8, 4) is 5.75 Å². The van der Waals surface area contributed by atoms with Gasteiger partial charge >= 0.3 is 29.6 Å². The third-order valence-corrected chi connectivity index (χ3v) is 3.76. The molecule has 0 aliphatic heterocycles. The SMILES string of the molecule is Nc1cc(N)c(S(=O)(=O)[O-])cc1N=Nc1cc([N+](=O)[O-])ccc1O.[Na+]. The van der Waals surface area contributed by atoms with Crippen LogP contribution in [0.3, 0.4) is 0 Å². The molecule has 0 amide bonds. The van der Waals surface area contributed by atoms with E-state index in [0.29, 0.717) is 0 Å². The predicted octanol–water partition coefficient (Wildman–Crippen LogP) is -1.21. The van der Waals surface area contributed by atoms with Gasteiger partial charge in [0.15, 0.2) is 0 Å². The van der Waals surface area contributed by atoms with Crippen LogP contribution in [0, 0.1) is 10.1 Å². The first kappa shape index (κ1) is 20.8. The molecule has 13 heteroatoms. The number of anilines is 2. The molecule has 2 aromatic carbocycles. The van der Waals surface area contributed by atoms with Gasteiger partial charge in [0.05, 0.1) is 21.2 Å². The molecule has 0 atom stereocenters. The number of nitrogens with two attached hydrogens (primary N) is 2. The third-order valence-electron chi connectivity index (χ3n) is 2.86. The number of nitrogens with zero attached hydrogens (tertiary/aromatic N) is 3. The Balaban J connectivity index is 0.00000312. The maximum absolute atomic E-state index is 11.1. The van der Waals surface area contributed by atoms with Gasteiger partial charge in [-0.2, -0.15) is 0 Å². The number of nitro groups is 1. The molecule has 0 saturated carbocycles. The van der Waals surface area contributed by atoms with Gasteiger partial charge in [0, 0.05) is 12.1 Å². The average Bonchev–Trinajstić information content (AvgIpc) is 2.46. The molecular weight excluding hydrogens is 365 g/mol. The molecule has 0 saturated heterocycles. The second-order valence-electron chi connectivity index (χ2n) is 4.53. The summed E-state index contributed by atoms with van der Waals surface area (Å²) in [5.41, 5.74) is 9.82. The number of azo groups is 1. The minimum absolute atomic E-state index is 0. The van der Waals surface area contributed by atoms with Crippen LogP contribution < -0.4 is 41.0 Å². The van der Waals surface area contributed by atoms with E-state index >= 15 is 0 Å². The van der Waals surface area contributed by atoms with Gasteiger partial charge in [0.25, 0.3) is 5.69 Å². The molecule has 2 aromatic rings. The molecule has 0 spiro atoms. The summed E-state index contributed by atoms with van der Waals surface area (Å²) >= 11 is 0. The number of hydrogen-bond acceptors (Lipinski definition) is 10. The molecule has 0 aliphatic rings. The van der Waals surface area contributed by atoms with E-state index in [2.05, 4.69) is 10.2 Å². The van der Waals surface area contributed by atoms with Crippen molar-refractivity contribution in [1.29, 1.82) is 0 Å². The molecule has 126 valence electrons. The fourth-order valence-electron chi connectivity index (χ4n) is 1.72. The van der Waals surface area contributed by atoms with Gasteiger partial charge in [0.1, 0.15) is 27.2 Å². The van der Waals surface area contributed by atoms with Crippen molar-refractivity contribution in [2.24, 2.45) is 10.2 Å². The predicted molar refractivity (Wildman–Crippen MR) is 82.2 cm³/mol. The molecule has 0 heterocycles. The second-order valence-corrected chi connectivity index (χ2v) is 5.88. The Morgan fingerprint density at radius 1 is 1.04 bits per heavy atom. The number of benzene rings is 2. The Labute approximate surface area is 163 Å². The number of hydrogen-bond donors (Lipinski definition) is 3. The first-order chi connectivity index (χ1) is 11.1. The number of non-ortho nitro benzene ring substituents is 1. The first-order valence-corrected chi connectivity index (χ1v) is 7.54. The standard InChI is InChI=1S/C12H11N5O6S.Na/c13-7-4-8(14)12(24(21,22)23)5-9(7)15-16-10-3-6(17(19)20)1-2-11(10)18;/h1-5,18H,13-14H2,(H,21,22,23);/q;+1/p-1. The quantitative estimate of drug-likeness (QED) is 0.148. The molecule has 11 nitrogen and oxygen atoms in total. The monoisotopic (exact) mass is 375 g/mol. The molecule has 2 rings (SSSR count). The largest absolute Gasteiger partial charge is 1.00 e. The Bertz CT molecular complexity index is 963. The van der Waals surface area contributed by atoms with E-state index in [1.54, 1.807) is 0 Å². The summed E-state index contributed by atoms with van der Waals surface area (Å²) < 4.78 is 33.3. The zero-order valence-corrected chi connectivity index (χ0v) is 15.6. The maximum Gasteiger partial charge on any atom is 1.00 e. The van der Waals surface area contributed by atoms with E-state index < -0.39 is 25.7 Å². The Kier molecular flexibility index (Phi) is 6.45. The fraction of sp³-hybridized carbons (Fsp3) is 0. The Hall–Kier alpha value is -2.25. The van der Waals surface area contributed by atoms with Crippen molar-refractivity contribution >= 4 is 38.6 Å². The van der Waals surface area contributed by atoms with Crippen LogP contribution in [0.2, 0.25) is 0 Å². The van der Waals surface area contributed by atoms with E-state index in [1.807, 2.05) is 0 Å². The van der Waals surface area contributed by atoms with Gasteiger partial charge in [-0.3, -0.25) is 10.1 Å². The van der Waals surface area contributed by atoms with E-state index in [0.717, 1.165) is 30.3 Å². The van der Waals surface area contributed by atoms with Gasteiger partial charge in [-0.15, -0.1) is 10.2 Å². The maximum atomic E-state index is 11.1. The summed E-state index contributed by atoms with van der Waals surface area (Å²) in [4.78, 5) is 9.28. The summed E-state index contributed by atoms with van der Waals surface area (Å²) in [7, 11) is -4.85. The molecule has 0 radical (unpaired) electrons. The Morgan fingerprint density at radius 2 is 1.64 bits per heavy atom. The number of phenolic OH excluding ortho intramolecular Hbond substituents is 1. The van der Waals surface area contributed by atoms with Crippen molar-refractivity contribution in [3.05, 3.63) is 40.4 Å². The third kappa shape index (κ3) is 4.87. The van der Waals surface area contributed by atoms with E-state index in [4.69, 9.17) is 11.5 Å². The zero-order chi connectivity index (χ0) is 18.1. The van der Waals surface area contributed by atoms with E-state index in [-0.39, 0.29) is 58.0 Å². The van der Waals surface area contributed by atoms with Crippen LogP contribution in [-0.2, 0) is 10.1 Å². The number of aromatic hydroxyl groups is 1. The summed E-state index contributed by atoms with van der Waals surface area (Å²) in [6.45, 7) is 0. The van der Waals surface area contributed by atoms with Crippen LogP contribution in [0.25, 0.3) is 0 Å². The van der Waals surface area contributed by atoms with E-state index in [9.17, 15) is 28.2 Å². The van der Waals surface area contributed by atoms with Gasteiger partial charge in [0.2, 0.25) is 0 Å². The molecule has 0 fully saturated rings. The van der Waals surface area contributed by atoms with Crippen LogP contribution in [0.4, 0.5) is 28.4 Å². The van der Waals surface area contributed by atoms with Crippen molar-refractivity contribution in [2.75, 3.05) is 11.5 Å². The second kappa shape index (κ2) is 7.76. The minimum atomic E-state index is -4.85. The van der Waals surface area contributed by atoms with Crippen molar-refractivity contribution in [3.63, 3.8) is 0 Å². The topological polar surface area (TPSA) is 197 Å². The zero-order valence-electron chi connectivity index (χ0n) is 12.8. The van der Waals surface area contributed by atoms with Crippen LogP contribution in [0.1, 0.15) is 0 Å². The smallest absolute Gasteiger partial charge is 0.744 e. The summed E-state index contributed by atoms with van der Waals surface area (Å²) in [6, 6.07) is 4.91. The van der Waals surface area contributed by atoms with Crippen molar-refractivity contribution in [2.45, 2.75) is 4.90 Å². The van der Waals surface area contributed by atoms with Crippen molar-refractivity contribution in [1.82, 2.24) is 0 Å². The summed E-state index contributed by atoms with van der Waals surface area (Å²) in [5.74, 6) is -0.393. The average molecular weight is 375 g/mol.